The van der Waals surface area contributed by atoms with Gasteiger partial charge in [-0.2, -0.15) is 0 Å². The number of aromatic nitrogens is 5. The second-order valence-corrected chi connectivity index (χ2v) is 12.5. The lowest BCUT2D eigenvalue weighted by Crippen LogP contribution is -2.03. The molecule has 11 rings (SSSR count). The fourth-order valence-electron chi connectivity index (χ4n) is 7.55. The van der Waals surface area contributed by atoms with Gasteiger partial charge in [-0.1, -0.05) is 78.9 Å². The maximum Gasteiger partial charge on any atom is 0.235 e. The number of benzene rings is 6. The van der Waals surface area contributed by atoms with Crippen LogP contribution in [-0.2, 0) is 0 Å². The molecule has 45 heavy (non-hydrogen) atoms. The van der Waals surface area contributed by atoms with Crippen molar-refractivity contribution in [2.45, 2.75) is 0 Å². The van der Waals surface area contributed by atoms with Crippen LogP contribution < -0.4 is 0 Å². The van der Waals surface area contributed by atoms with Gasteiger partial charge in [-0.15, -0.1) is 11.3 Å². The fraction of sp³-hybridized carbons (Fsp3) is 0. The molecule has 11 aromatic rings. The third-order valence-electron chi connectivity index (χ3n) is 9.41. The van der Waals surface area contributed by atoms with Gasteiger partial charge in [0.15, 0.2) is 0 Å². The summed E-state index contributed by atoms with van der Waals surface area (Å²) in [5.74, 6) is 0.671. The van der Waals surface area contributed by atoms with Crippen molar-refractivity contribution < 1.29 is 0 Å². The van der Waals surface area contributed by atoms with Crippen molar-refractivity contribution in [3.8, 4) is 17.2 Å². The molecule has 5 heterocycles. The highest BCUT2D eigenvalue weighted by atomic mass is 32.1. The summed E-state index contributed by atoms with van der Waals surface area (Å²) in [6.07, 6.45) is 0. The zero-order valence-corrected chi connectivity index (χ0v) is 24.6. The summed E-state index contributed by atoms with van der Waals surface area (Å²) in [4.78, 5) is 15.2. The first-order chi connectivity index (χ1) is 22.3. The molecule has 6 aromatic carbocycles. The van der Waals surface area contributed by atoms with Crippen molar-refractivity contribution in [2.75, 3.05) is 0 Å². The molecule has 0 aliphatic rings. The third kappa shape index (κ3) is 2.99. The summed E-state index contributed by atoms with van der Waals surface area (Å²) in [5, 5.41) is 8.41. The second-order valence-electron chi connectivity index (χ2n) is 11.7. The summed E-state index contributed by atoms with van der Waals surface area (Å²) >= 11 is 1.72. The van der Waals surface area contributed by atoms with Gasteiger partial charge in [-0.3, -0.25) is 4.57 Å². The van der Waals surface area contributed by atoms with Crippen molar-refractivity contribution in [3.05, 3.63) is 127 Å². The van der Waals surface area contributed by atoms with Gasteiger partial charge in [0.1, 0.15) is 0 Å². The van der Waals surface area contributed by atoms with E-state index in [1.807, 2.05) is 5.51 Å². The minimum absolute atomic E-state index is 0.671. The Hall–Kier alpha value is -5.85. The molecule has 208 valence electrons. The molecule has 0 bridgehead atoms. The van der Waals surface area contributed by atoms with Crippen LogP contribution in [0.4, 0.5) is 0 Å². The molecule has 0 atom stereocenters. The number of nitrogens with zero attached hydrogens (tertiary/aromatic N) is 5. The molecule has 5 nitrogen and oxygen atoms in total. The first-order valence-corrected chi connectivity index (χ1v) is 15.9. The topological polar surface area (TPSA) is 48.0 Å². The molecule has 0 unspecified atom stereocenters. The van der Waals surface area contributed by atoms with E-state index in [2.05, 4.69) is 130 Å². The molecule has 6 heteroatoms. The lowest BCUT2D eigenvalue weighted by atomic mass is 10.0. The van der Waals surface area contributed by atoms with Gasteiger partial charge < -0.3 is 4.40 Å². The summed E-state index contributed by atoms with van der Waals surface area (Å²) in [6, 6.07) is 43.1. The van der Waals surface area contributed by atoms with Gasteiger partial charge in [-0.25, -0.2) is 15.0 Å². The van der Waals surface area contributed by atoms with E-state index in [9.17, 15) is 0 Å². The van der Waals surface area contributed by atoms with Crippen LogP contribution >= 0.6 is 11.3 Å². The van der Waals surface area contributed by atoms with Crippen LogP contribution in [-0.4, -0.2) is 23.9 Å². The van der Waals surface area contributed by atoms with Crippen LogP contribution in [0.15, 0.2) is 127 Å². The molecule has 0 N–H and O–H groups in total. The molecule has 0 amide bonds. The highest BCUT2D eigenvalue weighted by Gasteiger charge is 2.22. The molecule has 5 aromatic heterocycles. The SMILES string of the molecule is c1ccc2c(-c3ccc4c(c3)c3cc5ncsc5c5c6ccccc6n4c35)nc(-n3c4ccccc4c4ccccc43)nc2c1. The van der Waals surface area contributed by atoms with Crippen LogP contribution in [0, 0.1) is 0 Å². The first kappa shape index (κ1) is 23.6. The van der Waals surface area contributed by atoms with Crippen LogP contribution in [0.5, 0.6) is 0 Å². The zero-order valence-electron chi connectivity index (χ0n) is 23.8. The van der Waals surface area contributed by atoms with Gasteiger partial charge in [-0.05, 0) is 42.5 Å². The monoisotopic (exact) mass is 591 g/mol. The van der Waals surface area contributed by atoms with Gasteiger partial charge >= 0.3 is 0 Å². The Morgan fingerprint density at radius 2 is 1.18 bits per heavy atom. The van der Waals surface area contributed by atoms with Crippen molar-refractivity contribution in [1.29, 1.82) is 0 Å². The molecule has 0 spiro atoms. The molecule has 0 aliphatic heterocycles. The van der Waals surface area contributed by atoms with Gasteiger partial charge in [0, 0.05) is 43.3 Å². The van der Waals surface area contributed by atoms with Gasteiger partial charge in [0.2, 0.25) is 5.95 Å². The molecular formula is C39H21N5S. The first-order valence-electron chi connectivity index (χ1n) is 15.0. The third-order valence-corrected chi connectivity index (χ3v) is 10.3. The van der Waals surface area contributed by atoms with Gasteiger partial charge in [0.05, 0.1) is 54.5 Å². The maximum absolute atomic E-state index is 5.35. The molecule has 0 radical (unpaired) electrons. The smallest absolute Gasteiger partial charge is 0.235 e. The molecule has 0 saturated carbocycles. The minimum Gasteiger partial charge on any atom is -0.308 e. The Kier molecular flexibility index (Phi) is 4.41. The van der Waals surface area contributed by atoms with E-state index < -0.39 is 0 Å². The number of hydrogen-bond donors (Lipinski definition) is 0. The fourth-order valence-corrected chi connectivity index (χ4v) is 8.38. The van der Waals surface area contributed by atoms with Crippen LogP contribution in [0.1, 0.15) is 0 Å². The average molecular weight is 592 g/mol. The maximum atomic E-state index is 5.35. The number of rotatable bonds is 2. The highest BCUT2D eigenvalue weighted by molar-refractivity contribution is 7.18. The second kappa shape index (κ2) is 8.40. The van der Waals surface area contributed by atoms with Crippen molar-refractivity contribution >= 4 is 92.4 Å². The Bertz CT molecular complexity index is 2950. The summed E-state index contributed by atoms with van der Waals surface area (Å²) in [5.41, 5.74) is 11.8. The summed E-state index contributed by atoms with van der Waals surface area (Å²) < 4.78 is 5.88. The standard InChI is InChI=1S/C39H21N5S/c1-5-13-29-25(11-1)36(42-39(41-29)44-31-14-6-2-9-23(31)24-10-3-7-15-32(24)44)22-17-18-34-27(19-22)28-20-30-38(45-21-40-30)35-26-12-4-8-16-33(26)43(34)37(28)35/h1-21H. The number of para-hydroxylation sites is 4. The Morgan fingerprint density at radius 3 is 1.98 bits per heavy atom. The van der Waals surface area contributed by atoms with Crippen molar-refractivity contribution in [2.24, 2.45) is 0 Å². The molecule has 0 aliphatic carbocycles. The zero-order chi connectivity index (χ0) is 29.2. The number of fused-ring (bicyclic) bond motifs is 12. The lowest BCUT2D eigenvalue weighted by Gasteiger charge is -2.12. The summed E-state index contributed by atoms with van der Waals surface area (Å²) in [6.45, 7) is 0. The van der Waals surface area contributed by atoms with Crippen LogP contribution in [0.2, 0.25) is 0 Å². The molecular weight excluding hydrogens is 571 g/mol. The number of hydrogen-bond acceptors (Lipinski definition) is 4. The van der Waals surface area contributed by atoms with Crippen molar-refractivity contribution in [3.63, 3.8) is 0 Å². The Labute approximate surface area is 259 Å². The number of thiazole rings is 1. The van der Waals surface area contributed by atoms with Gasteiger partial charge in [0.25, 0.3) is 0 Å². The van der Waals surface area contributed by atoms with E-state index in [1.54, 1.807) is 11.3 Å². The van der Waals surface area contributed by atoms with Crippen LogP contribution in [0.3, 0.4) is 0 Å². The predicted octanol–water partition coefficient (Wildman–Crippen LogP) is 10.2. The van der Waals surface area contributed by atoms with E-state index >= 15 is 0 Å². The van der Waals surface area contributed by atoms with E-state index in [0.717, 1.165) is 38.7 Å². The Morgan fingerprint density at radius 1 is 0.511 bits per heavy atom. The lowest BCUT2D eigenvalue weighted by molar-refractivity contribution is 1.01. The Balaban J connectivity index is 1.25. The van der Waals surface area contributed by atoms with E-state index in [0.29, 0.717) is 5.95 Å². The average Bonchev–Trinajstić information content (AvgIpc) is 3.86. The quantitative estimate of drug-likeness (QED) is 0.201. The molecule has 0 fully saturated rings. The summed E-state index contributed by atoms with van der Waals surface area (Å²) in [7, 11) is 0. The highest BCUT2D eigenvalue weighted by Crippen LogP contribution is 2.45. The van der Waals surface area contributed by atoms with E-state index in [1.165, 1.54) is 53.6 Å². The predicted molar refractivity (Wildman–Crippen MR) is 187 cm³/mol. The largest absolute Gasteiger partial charge is 0.308 e. The van der Waals surface area contributed by atoms with E-state index in [-0.39, 0.29) is 0 Å². The van der Waals surface area contributed by atoms with Crippen LogP contribution in [0.25, 0.3) is 98.2 Å². The van der Waals surface area contributed by atoms with Crippen molar-refractivity contribution in [1.82, 2.24) is 23.9 Å². The minimum atomic E-state index is 0.671. The normalized spacial score (nSPS) is 12.4. The van der Waals surface area contributed by atoms with E-state index in [4.69, 9.17) is 15.0 Å². The molecule has 0 saturated heterocycles.